The number of nitrogens with one attached hydrogen (secondary N) is 3. The molecule has 0 saturated carbocycles. The molecule has 90 heavy (non-hydrogen) atoms. The molecule has 528 valence electrons. The Morgan fingerprint density at radius 1 is 0.467 bits per heavy atom. The highest BCUT2D eigenvalue weighted by Gasteiger charge is 2.60. The van der Waals surface area contributed by atoms with Crippen LogP contribution in [0.1, 0.15) is 0 Å². The van der Waals surface area contributed by atoms with E-state index in [1.165, 1.54) is 4.72 Å². The molecule has 4 aliphatic rings. The number of hydrogen-bond donors (Lipinski definition) is 20. The van der Waals surface area contributed by atoms with Gasteiger partial charge in [0.25, 0.3) is 0 Å². The Labute approximate surface area is 503 Å². The van der Waals surface area contributed by atoms with Crippen molar-refractivity contribution in [3.8, 4) is 0 Å². The summed E-state index contributed by atoms with van der Waals surface area (Å²) in [6, 6.07) is -8.70. The maximum Gasteiger partial charge on any atom is 0.399 e. The Kier molecular flexibility index (Phi) is 26.8. The second-order valence-electron chi connectivity index (χ2n) is 18.2. The number of aliphatic carboxylic acids is 2. The number of aliphatic hydroxyl groups excluding tert-OH is 7. The third-order valence-electron chi connectivity index (χ3n) is 11.9. The van der Waals surface area contributed by atoms with Gasteiger partial charge in [0.1, 0.15) is 97.7 Å². The molecule has 24 atom stereocenters. The van der Waals surface area contributed by atoms with Gasteiger partial charge in [-0.2, -0.15) is 81.5 Å². The predicted molar refractivity (Wildman–Crippen MR) is 258 cm³/mol. The van der Waals surface area contributed by atoms with Crippen molar-refractivity contribution in [2.24, 2.45) is 5.92 Å². The van der Waals surface area contributed by atoms with E-state index < -0.39 is 268 Å². The molecule has 4 rings (SSSR count). The minimum absolute atomic E-state index is 0.638. The highest BCUT2D eigenvalue weighted by Crippen LogP contribution is 2.38. The molecule has 0 unspecified atom stereocenters. The predicted octanol–water partition coefficient (Wildman–Crippen LogP) is -14.4. The first-order valence-corrected chi connectivity index (χ1v) is 34.1. The summed E-state index contributed by atoms with van der Waals surface area (Å²) in [4.78, 5) is 37.5. The summed E-state index contributed by atoms with van der Waals surface area (Å²) in [6.45, 7) is -5.47. The number of carboxylic acids is 2. The molecule has 4 saturated heterocycles. The minimum atomic E-state index is -6.37. The van der Waals surface area contributed by atoms with Crippen LogP contribution in [0, 0.1) is 5.92 Å². The Morgan fingerprint density at radius 3 is 1.34 bits per heavy atom. The third-order valence-corrected chi connectivity index (χ3v) is 15.8. The molecule has 4 aliphatic heterocycles. The number of carbonyl (C=O) groups is 3. The van der Waals surface area contributed by atoms with Gasteiger partial charge in [-0.15, -0.1) is 0 Å². The van der Waals surface area contributed by atoms with Gasteiger partial charge in [-0.1, -0.05) is 0 Å². The van der Waals surface area contributed by atoms with Crippen molar-refractivity contribution in [3.63, 3.8) is 0 Å². The fourth-order valence-electron chi connectivity index (χ4n) is 8.36. The quantitative estimate of drug-likeness (QED) is 0.0165. The summed E-state index contributed by atoms with van der Waals surface area (Å²) in [5.41, 5.74) is 0. The molecular formula is C30H51N3O49S8. The van der Waals surface area contributed by atoms with Crippen molar-refractivity contribution in [2.75, 3.05) is 19.8 Å². The van der Waals surface area contributed by atoms with Crippen molar-refractivity contribution in [3.05, 3.63) is 0 Å². The largest absolute Gasteiger partial charge is 0.479 e. The lowest BCUT2D eigenvalue weighted by molar-refractivity contribution is -0.370. The fraction of sp³-hybridized carbons (Fsp3) is 0.900. The van der Waals surface area contributed by atoms with Gasteiger partial charge >= 0.3 is 94.8 Å². The van der Waals surface area contributed by atoms with Crippen LogP contribution in [-0.2, 0) is 156 Å². The molecule has 0 radical (unpaired) electrons. The zero-order valence-corrected chi connectivity index (χ0v) is 49.5. The van der Waals surface area contributed by atoms with Crippen LogP contribution in [0.15, 0.2) is 0 Å². The molecule has 4 heterocycles. The lowest BCUT2D eigenvalue weighted by atomic mass is 9.90. The monoisotopic (exact) mass is 1490 g/mol. The van der Waals surface area contributed by atoms with E-state index in [-0.39, 0.29) is 0 Å². The molecule has 0 aromatic heterocycles. The van der Waals surface area contributed by atoms with Gasteiger partial charge in [0.2, 0.25) is 6.29 Å². The standard InChI is InChI=1S/C30H51N3O49S8/c34-1-6(31-83(46,47)48)12(36)21(26(45)82-90(67,68)69)78-27-5(2-70-86(55,56)57)11(35)19(22(79-27)24(41)42)76-29-10(33-85(52,53)54)18(81-89(64,65)66)17(8(74-29)4-72-88(61,62)63)75-30-16(40)15(39)20(23(80-30)25(43)44)77-28-9(32-84(49,50)51)14(38)13(37)7(73-28)3-71-87(58,59)60/h1,5-23,26-33,35-40,45H,2-4H2,(H,41,42)(H,43,44)(H,46,47,48)(H,49,50,51)(H,52,53,54)(H,55,56,57)(H,58,59,60)(H,61,62,63)(H,64,65,66)(H,67,68,69)/t5-,6+,7-,8-,9-,10-,11-,12-,13-,14-,15-,16-,17-,18-,19+,20+,21+,22-,23+,26-,27-,28-,29-,30-/m1/s1. The highest BCUT2D eigenvalue weighted by molar-refractivity contribution is 7.84. The molecule has 52 nitrogen and oxygen atoms in total. The Hall–Kier alpha value is -3.03. The van der Waals surface area contributed by atoms with E-state index in [1.807, 2.05) is 0 Å². The van der Waals surface area contributed by atoms with Crippen molar-refractivity contribution >= 4 is 101 Å². The lowest BCUT2D eigenvalue weighted by Crippen LogP contribution is -2.71. The summed E-state index contributed by atoms with van der Waals surface area (Å²) >= 11 is 0. The molecule has 0 bridgehead atoms. The van der Waals surface area contributed by atoms with Gasteiger partial charge in [0.05, 0.1) is 31.8 Å². The SMILES string of the molecule is O=C[C@H](NS(=O)(=O)O)[C@@H](O)[C@H](O[C@@H]1O[C@@H](C(=O)O)[C@@H](O[C@H]2O[C@H](COS(=O)(=O)O)[C@@H](O[C@@H]3O[C@H](C(=O)O)[C@@H](O[C@H]4O[C@H](COS(=O)(=O)O)[C@@H](O)[C@H](O)[C@H]4NS(=O)(=O)O)[C@H](O)[C@H]3O)[C@H](OS(=O)(=O)O)[C@H]2NS(=O)(=O)O)[C@H](O)[C@H]1COS(=O)(=O)O)[C@H](O)OS(=O)(=O)O. The number of aldehydes is 1. The number of carboxylic acid groups (broad SMARTS) is 2. The van der Waals surface area contributed by atoms with E-state index in [2.05, 4.69) is 20.9 Å². The third kappa shape index (κ3) is 24.0. The van der Waals surface area contributed by atoms with E-state index in [0.29, 0.717) is 0 Å². The number of aliphatic hydroxyl groups is 7. The van der Waals surface area contributed by atoms with Gasteiger partial charge in [0.15, 0.2) is 37.4 Å². The lowest BCUT2D eigenvalue weighted by Gasteiger charge is -2.50. The van der Waals surface area contributed by atoms with Crippen LogP contribution in [0.3, 0.4) is 0 Å². The average molecular weight is 1490 g/mol. The molecule has 0 amide bonds. The van der Waals surface area contributed by atoms with E-state index in [1.54, 1.807) is 0 Å². The fourth-order valence-corrected chi connectivity index (χ4v) is 11.9. The topological polar surface area (TPSA) is 824 Å². The molecular weight excluding hydrogens is 1440 g/mol. The second-order valence-corrected chi connectivity index (χ2v) is 27.1. The normalized spacial score (nSPS) is 35.2. The van der Waals surface area contributed by atoms with Crippen molar-refractivity contribution in [1.29, 1.82) is 0 Å². The summed E-state index contributed by atoms with van der Waals surface area (Å²) < 4.78 is 332. The summed E-state index contributed by atoms with van der Waals surface area (Å²) in [7, 11) is -47.0. The van der Waals surface area contributed by atoms with Crippen LogP contribution in [0.5, 0.6) is 0 Å². The van der Waals surface area contributed by atoms with Gasteiger partial charge < -0.3 is 88.6 Å². The first-order valence-electron chi connectivity index (χ1n) is 22.9. The van der Waals surface area contributed by atoms with Crippen LogP contribution in [-0.4, -0.2) is 329 Å². The number of carbonyl (C=O) groups excluding carboxylic acids is 1. The van der Waals surface area contributed by atoms with E-state index in [0.717, 1.165) is 9.44 Å². The van der Waals surface area contributed by atoms with Crippen LogP contribution < -0.4 is 14.2 Å². The first-order chi connectivity index (χ1) is 40.6. The summed E-state index contributed by atoms with van der Waals surface area (Å²) in [6.07, 6.45) is -61.2. The van der Waals surface area contributed by atoms with Crippen LogP contribution in [0.2, 0.25) is 0 Å². The van der Waals surface area contributed by atoms with E-state index in [9.17, 15) is 160 Å². The summed E-state index contributed by atoms with van der Waals surface area (Å²) in [5, 5.41) is 97.8. The number of hydrogen-bond acceptors (Lipinski definition) is 39. The molecule has 0 spiro atoms. The average Bonchev–Trinajstić information content (AvgIpc) is 0.800. The molecule has 60 heteroatoms. The van der Waals surface area contributed by atoms with Crippen molar-refractivity contribution in [2.45, 2.75) is 141 Å². The maximum absolute atomic E-state index is 12.9. The second kappa shape index (κ2) is 30.4. The smallest absolute Gasteiger partial charge is 0.399 e. The number of ether oxygens (including phenoxy) is 8. The molecule has 0 aromatic rings. The van der Waals surface area contributed by atoms with E-state index >= 15 is 0 Å². The van der Waals surface area contributed by atoms with Crippen molar-refractivity contribution in [1.82, 2.24) is 14.2 Å². The minimum Gasteiger partial charge on any atom is -0.479 e. The van der Waals surface area contributed by atoms with Crippen LogP contribution >= 0.6 is 0 Å². The Balaban J connectivity index is 1.88. The maximum atomic E-state index is 12.9. The molecule has 4 fully saturated rings. The van der Waals surface area contributed by atoms with E-state index in [4.69, 9.17) is 42.4 Å². The van der Waals surface area contributed by atoms with Gasteiger partial charge in [-0.3, -0.25) is 36.4 Å². The van der Waals surface area contributed by atoms with Gasteiger partial charge in [0, 0.05) is 0 Å². The molecule has 0 aromatic carbocycles. The number of rotatable bonds is 33. The van der Waals surface area contributed by atoms with Gasteiger partial charge in [-0.25, -0.2) is 30.5 Å². The molecule has 20 N–H and O–H groups in total. The van der Waals surface area contributed by atoms with Crippen LogP contribution in [0.25, 0.3) is 0 Å². The van der Waals surface area contributed by atoms with Gasteiger partial charge in [-0.05, 0) is 0 Å². The zero-order valence-electron chi connectivity index (χ0n) is 43.0. The molecule has 0 aliphatic carbocycles. The van der Waals surface area contributed by atoms with Crippen LogP contribution in [0.4, 0.5) is 0 Å². The first kappa shape index (κ1) is 79.4. The highest BCUT2D eigenvalue weighted by atomic mass is 32.3. The zero-order chi connectivity index (χ0) is 69.2. The Morgan fingerprint density at radius 2 is 0.900 bits per heavy atom. The Bertz CT molecular complexity index is 3450. The van der Waals surface area contributed by atoms with Crippen molar-refractivity contribution < 1.29 is 223 Å². The summed E-state index contributed by atoms with van der Waals surface area (Å²) in [5.74, 6) is -7.77.